The fourth-order valence-electron chi connectivity index (χ4n) is 3.22. The molecule has 82 valence electrons. The number of hydrogen-bond acceptors (Lipinski definition) is 3. The molecule has 0 radical (unpaired) electrons. The molecule has 2 N–H and O–H groups in total. The number of nitrogens with zero attached hydrogens (tertiary/aromatic N) is 1. The quantitative estimate of drug-likeness (QED) is 0.684. The molecule has 0 bridgehead atoms. The van der Waals surface area contributed by atoms with Gasteiger partial charge in [-0.15, -0.1) is 0 Å². The van der Waals surface area contributed by atoms with Gasteiger partial charge >= 0.3 is 0 Å². The fraction of sp³-hybridized carbons (Fsp3) is 1.00. The van der Waals surface area contributed by atoms with Crippen molar-refractivity contribution in [2.24, 2.45) is 11.8 Å². The van der Waals surface area contributed by atoms with Gasteiger partial charge in [0.05, 0.1) is 6.10 Å². The van der Waals surface area contributed by atoms with Gasteiger partial charge < -0.3 is 10.4 Å². The third-order valence-corrected chi connectivity index (χ3v) is 3.74. The lowest BCUT2D eigenvalue weighted by molar-refractivity contribution is 0.109. The van der Waals surface area contributed by atoms with Gasteiger partial charge in [0, 0.05) is 19.1 Å². The Hall–Kier alpha value is -0.120. The molecule has 2 rings (SSSR count). The van der Waals surface area contributed by atoms with Gasteiger partial charge in [-0.3, -0.25) is 4.90 Å². The Kier molecular flexibility index (Phi) is 3.10. The Balaban J connectivity index is 1.98. The first-order valence-electron chi connectivity index (χ1n) is 5.85. The van der Waals surface area contributed by atoms with Gasteiger partial charge in [0.25, 0.3) is 0 Å². The summed E-state index contributed by atoms with van der Waals surface area (Å²) in [6, 6.07) is 0.699. The number of rotatable bonds is 3. The molecule has 3 nitrogen and oxygen atoms in total. The molecule has 2 aliphatic heterocycles. The van der Waals surface area contributed by atoms with E-state index in [2.05, 4.69) is 17.1 Å². The molecular weight excluding hydrogens is 176 g/mol. The molecule has 2 heterocycles. The number of aliphatic hydroxyl groups is 1. The number of likely N-dealkylation sites (tertiary alicyclic amines) is 1. The highest BCUT2D eigenvalue weighted by Crippen LogP contribution is 2.33. The highest BCUT2D eigenvalue weighted by molar-refractivity contribution is 4.98. The number of nitrogens with one attached hydrogen (secondary N) is 1. The zero-order valence-corrected chi connectivity index (χ0v) is 9.24. The van der Waals surface area contributed by atoms with E-state index in [1.165, 1.54) is 26.1 Å². The topological polar surface area (TPSA) is 35.5 Å². The van der Waals surface area contributed by atoms with Crippen LogP contribution in [0.3, 0.4) is 0 Å². The van der Waals surface area contributed by atoms with Crippen LogP contribution in [0.25, 0.3) is 0 Å². The Morgan fingerprint density at radius 2 is 2.29 bits per heavy atom. The minimum atomic E-state index is -0.184. The zero-order chi connectivity index (χ0) is 10.1. The highest BCUT2D eigenvalue weighted by Gasteiger charge is 2.42. The van der Waals surface area contributed by atoms with Gasteiger partial charge in [-0.1, -0.05) is 6.92 Å². The van der Waals surface area contributed by atoms with E-state index in [-0.39, 0.29) is 6.10 Å². The van der Waals surface area contributed by atoms with E-state index in [1.54, 1.807) is 0 Å². The van der Waals surface area contributed by atoms with Gasteiger partial charge in [-0.25, -0.2) is 0 Å². The second kappa shape index (κ2) is 4.17. The maximum atomic E-state index is 9.43. The highest BCUT2D eigenvalue weighted by atomic mass is 16.3. The third-order valence-electron chi connectivity index (χ3n) is 3.74. The van der Waals surface area contributed by atoms with Gasteiger partial charge in [0.15, 0.2) is 0 Å². The Morgan fingerprint density at radius 3 is 2.93 bits per heavy atom. The zero-order valence-electron chi connectivity index (χ0n) is 9.24. The van der Waals surface area contributed by atoms with Crippen LogP contribution in [0.5, 0.6) is 0 Å². The Labute approximate surface area is 86.5 Å². The van der Waals surface area contributed by atoms with Crippen LogP contribution in [-0.2, 0) is 0 Å². The maximum absolute atomic E-state index is 9.43. The lowest BCUT2D eigenvalue weighted by Gasteiger charge is -2.27. The number of aliphatic hydroxyl groups excluding tert-OH is 1. The summed E-state index contributed by atoms with van der Waals surface area (Å²) in [7, 11) is 0. The second-order valence-corrected chi connectivity index (χ2v) is 4.86. The molecular formula is C11H22N2O. The average Bonchev–Trinajstić information content (AvgIpc) is 2.62. The lowest BCUT2D eigenvalue weighted by atomic mass is 9.93. The van der Waals surface area contributed by atoms with Crippen molar-refractivity contribution in [3.05, 3.63) is 0 Å². The van der Waals surface area contributed by atoms with E-state index >= 15 is 0 Å². The van der Waals surface area contributed by atoms with Crippen LogP contribution in [0, 0.1) is 11.8 Å². The van der Waals surface area contributed by atoms with Crippen molar-refractivity contribution in [3.8, 4) is 0 Å². The van der Waals surface area contributed by atoms with E-state index in [9.17, 15) is 5.11 Å². The lowest BCUT2D eigenvalue weighted by Crippen LogP contribution is -2.39. The fourth-order valence-corrected chi connectivity index (χ4v) is 3.22. The summed E-state index contributed by atoms with van der Waals surface area (Å²) < 4.78 is 0. The van der Waals surface area contributed by atoms with Crippen LogP contribution in [0.2, 0.25) is 0 Å². The van der Waals surface area contributed by atoms with Crippen molar-refractivity contribution in [3.63, 3.8) is 0 Å². The largest absolute Gasteiger partial charge is 0.392 e. The summed E-state index contributed by atoms with van der Waals surface area (Å²) in [6.07, 6.45) is 1.03. The molecule has 0 aromatic heterocycles. The summed E-state index contributed by atoms with van der Waals surface area (Å²) >= 11 is 0. The summed E-state index contributed by atoms with van der Waals surface area (Å²) in [5.41, 5.74) is 0. The molecule has 4 atom stereocenters. The molecule has 2 fully saturated rings. The van der Waals surface area contributed by atoms with Crippen molar-refractivity contribution in [1.29, 1.82) is 0 Å². The van der Waals surface area contributed by atoms with Gasteiger partial charge in [-0.2, -0.15) is 0 Å². The minimum Gasteiger partial charge on any atom is -0.392 e. The molecule has 3 unspecified atom stereocenters. The van der Waals surface area contributed by atoms with Crippen LogP contribution in [0.4, 0.5) is 0 Å². The first-order chi connectivity index (χ1) is 6.72. The van der Waals surface area contributed by atoms with E-state index in [1.807, 2.05) is 6.92 Å². The molecule has 0 amide bonds. The van der Waals surface area contributed by atoms with Gasteiger partial charge in [0.1, 0.15) is 0 Å². The Morgan fingerprint density at radius 1 is 1.50 bits per heavy atom. The number of β-amino-alcohol motifs (C(OH)–C–C–N with tert-alkyl or cyclic N) is 1. The molecule has 0 aliphatic carbocycles. The summed E-state index contributed by atoms with van der Waals surface area (Å²) in [4.78, 5) is 2.49. The first kappa shape index (κ1) is 10.4. The second-order valence-electron chi connectivity index (χ2n) is 4.86. The first-order valence-corrected chi connectivity index (χ1v) is 5.85. The van der Waals surface area contributed by atoms with Crippen molar-refractivity contribution in [2.75, 3.05) is 26.2 Å². The molecule has 3 heteroatoms. The monoisotopic (exact) mass is 198 g/mol. The minimum absolute atomic E-state index is 0.184. The summed E-state index contributed by atoms with van der Waals surface area (Å²) in [5, 5.41) is 12.9. The Bertz CT molecular complexity index is 196. The molecule has 2 aliphatic rings. The molecule has 0 aromatic carbocycles. The van der Waals surface area contributed by atoms with Crippen LogP contribution in [0.1, 0.15) is 20.3 Å². The van der Waals surface area contributed by atoms with Crippen molar-refractivity contribution in [1.82, 2.24) is 10.2 Å². The van der Waals surface area contributed by atoms with Crippen LogP contribution < -0.4 is 5.32 Å². The van der Waals surface area contributed by atoms with E-state index in [0.717, 1.165) is 18.4 Å². The smallest absolute Gasteiger partial charge is 0.0639 e. The van der Waals surface area contributed by atoms with Crippen LogP contribution in [0.15, 0.2) is 0 Å². The number of hydrogen-bond donors (Lipinski definition) is 2. The molecule has 0 aromatic rings. The third kappa shape index (κ3) is 1.81. The van der Waals surface area contributed by atoms with Crippen LogP contribution >= 0.6 is 0 Å². The van der Waals surface area contributed by atoms with E-state index < -0.39 is 0 Å². The molecule has 14 heavy (non-hydrogen) atoms. The van der Waals surface area contributed by atoms with Crippen molar-refractivity contribution >= 4 is 0 Å². The average molecular weight is 198 g/mol. The molecule has 0 spiro atoms. The maximum Gasteiger partial charge on any atom is 0.0639 e. The summed E-state index contributed by atoms with van der Waals surface area (Å²) in [5.74, 6) is 1.66. The van der Waals surface area contributed by atoms with Crippen molar-refractivity contribution < 1.29 is 5.11 Å². The predicted molar refractivity (Wildman–Crippen MR) is 57.2 cm³/mol. The van der Waals surface area contributed by atoms with Gasteiger partial charge in [-0.05, 0) is 38.3 Å². The number of fused-ring (bicyclic) bond motifs is 1. The van der Waals surface area contributed by atoms with Crippen molar-refractivity contribution in [2.45, 2.75) is 32.4 Å². The van der Waals surface area contributed by atoms with E-state index in [4.69, 9.17) is 0 Å². The predicted octanol–water partition coefficient (Wildman–Crippen LogP) is 0.297. The molecule has 0 saturated carbocycles. The molecule has 2 saturated heterocycles. The van der Waals surface area contributed by atoms with Gasteiger partial charge in [0.2, 0.25) is 0 Å². The van der Waals surface area contributed by atoms with E-state index in [0.29, 0.717) is 6.04 Å². The standard InChI is InChI=1S/C11H22N2O/c1-3-11-10-5-12-4-9(10)7-13(11)6-8(2)14/h8-12,14H,3-7H2,1-2H3/t8-,9?,10?,11?/m1/s1. The SMILES string of the molecule is CCC1C2CNCC2CN1C[C@@H](C)O. The summed E-state index contributed by atoms with van der Waals surface area (Å²) in [6.45, 7) is 8.54. The van der Waals surface area contributed by atoms with Crippen LogP contribution in [-0.4, -0.2) is 48.3 Å². The normalized spacial score (nSPS) is 40.1.